The number of nitrogens with zero attached hydrogens (tertiary/aromatic N) is 1. The van der Waals surface area contributed by atoms with Gasteiger partial charge < -0.3 is 10.1 Å². The van der Waals surface area contributed by atoms with Gasteiger partial charge in [0.2, 0.25) is 0 Å². The quantitative estimate of drug-likeness (QED) is 0.755. The highest BCUT2D eigenvalue weighted by Gasteiger charge is 2.21. The molecule has 1 heterocycles. The fraction of sp³-hybridized carbons (Fsp3) is 0.667. The van der Waals surface area contributed by atoms with Gasteiger partial charge in [-0.3, -0.25) is 4.98 Å². The van der Waals surface area contributed by atoms with Crippen molar-refractivity contribution in [1.29, 1.82) is 0 Å². The zero-order valence-electron chi connectivity index (χ0n) is 12.3. The second-order valence-electron chi connectivity index (χ2n) is 5.56. The molecule has 0 unspecified atom stereocenters. The third kappa shape index (κ3) is 4.65. The minimum Gasteiger partial charge on any atom is -0.489 e. The Morgan fingerprint density at radius 2 is 2.06 bits per heavy atom. The first-order valence-corrected chi connectivity index (χ1v) is 6.78. The molecule has 0 aliphatic carbocycles. The highest BCUT2D eigenvalue weighted by molar-refractivity contribution is 5.29. The van der Waals surface area contributed by atoms with E-state index in [0.29, 0.717) is 0 Å². The highest BCUT2D eigenvalue weighted by atomic mass is 16.5. The van der Waals surface area contributed by atoms with E-state index in [4.69, 9.17) is 4.74 Å². The molecule has 0 saturated carbocycles. The standard InChI is InChI=1S/C15H26N2O/c1-6-16-8-7-15(4,5)13-9-14(11-17-10-13)18-12(2)3/h9-12,16H,6-8H2,1-5H3. The molecule has 102 valence electrons. The first kappa shape index (κ1) is 15.0. The van der Waals surface area contributed by atoms with Crippen molar-refractivity contribution >= 4 is 0 Å². The van der Waals surface area contributed by atoms with Crippen molar-refractivity contribution in [2.45, 2.75) is 52.6 Å². The smallest absolute Gasteiger partial charge is 0.138 e. The van der Waals surface area contributed by atoms with Gasteiger partial charge in [-0.25, -0.2) is 0 Å². The maximum Gasteiger partial charge on any atom is 0.138 e. The van der Waals surface area contributed by atoms with Crippen molar-refractivity contribution in [3.8, 4) is 5.75 Å². The van der Waals surface area contributed by atoms with Gasteiger partial charge in [0.15, 0.2) is 0 Å². The van der Waals surface area contributed by atoms with Gasteiger partial charge in [-0.2, -0.15) is 0 Å². The largest absolute Gasteiger partial charge is 0.489 e. The molecule has 18 heavy (non-hydrogen) atoms. The molecule has 0 spiro atoms. The lowest BCUT2D eigenvalue weighted by Gasteiger charge is -2.25. The third-order valence-corrected chi connectivity index (χ3v) is 3.04. The van der Waals surface area contributed by atoms with Gasteiger partial charge >= 0.3 is 0 Å². The second kappa shape index (κ2) is 6.74. The molecule has 0 fully saturated rings. The number of rotatable bonds is 7. The fourth-order valence-electron chi connectivity index (χ4n) is 1.85. The van der Waals surface area contributed by atoms with Crippen LogP contribution in [0.25, 0.3) is 0 Å². The maximum absolute atomic E-state index is 5.70. The summed E-state index contributed by atoms with van der Waals surface area (Å²) >= 11 is 0. The Morgan fingerprint density at radius 3 is 2.67 bits per heavy atom. The Morgan fingerprint density at radius 1 is 1.33 bits per heavy atom. The molecule has 0 atom stereocenters. The third-order valence-electron chi connectivity index (χ3n) is 3.04. The summed E-state index contributed by atoms with van der Waals surface area (Å²) in [6.45, 7) is 12.7. The zero-order chi connectivity index (χ0) is 13.6. The van der Waals surface area contributed by atoms with Crippen LogP contribution in [0.5, 0.6) is 5.75 Å². The van der Waals surface area contributed by atoms with Crippen molar-refractivity contribution in [3.05, 3.63) is 24.0 Å². The van der Waals surface area contributed by atoms with E-state index in [2.05, 4.69) is 37.1 Å². The van der Waals surface area contributed by atoms with Crippen molar-refractivity contribution in [2.75, 3.05) is 13.1 Å². The van der Waals surface area contributed by atoms with Crippen LogP contribution in [-0.2, 0) is 5.41 Å². The predicted molar refractivity (Wildman–Crippen MR) is 76.2 cm³/mol. The van der Waals surface area contributed by atoms with Gasteiger partial charge in [0.25, 0.3) is 0 Å². The molecule has 0 radical (unpaired) electrons. The topological polar surface area (TPSA) is 34.2 Å². The number of pyridine rings is 1. The van der Waals surface area contributed by atoms with E-state index >= 15 is 0 Å². The van der Waals surface area contributed by atoms with Crippen molar-refractivity contribution in [2.24, 2.45) is 0 Å². The van der Waals surface area contributed by atoms with Crippen molar-refractivity contribution < 1.29 is 4.74 Å². The minimum atomic E-state index is 0.117. The molecule has 0 bridgehead atoms. The molecule has 1 aromatic rings. The average molecular weight is 250 g/mol. The van der Waals surface area contributed by atoms with E-state index in [1.165, 1.54) is 5.56 Å². The molecular formula is C15H26N2O. The summed E-state index contributed by atoms with van der Waals surface area (Å²) in [5.74, 6) is 0.860. The van der Waals surface area contributed by atoms with Crippen LogP contribution < -0.4 is 10.1 Å². The minimum absolute atomic E-state index is 0.117. The summed E-state index contributed by atoms with van der Waals surface area (Å²) < 4.78 is 5.70. The van der Waals surface area contributed by atoms with Gasteiger partial charge in [-0.05, 0) is 50.4 Å². The molecule has 1 rings (SSSR count). The van der Waals surface area contributed by atoms with E-state index in [-0.39, 0.29) is 11.5 Å². The van der Waals surface area contributed by atoms with Gasteiger partial charge in [-0.1, -0.05) is 20.8 Å². The molecule has 0 amide bonds. The van der Waals surface area contributed by atoms with Crippen LogP contribution in [0.3, 0.4) is 0 Å². The first-order valence-electron chi connectivity index (χ1n) is 6.78. The van der Waals surface area contributed by atoms with Crippen LogP contribution in [0.4, 0.5) is 0 Å². The molecule has 0 saturated heterocycles. The van der Waals surface area contributed by atoms with Crippen LogP contribution in [-0.4, -0.2) is 24.2 Å². The number of nitrogens with one attached hydrogen (secondary N) is 1. The molecule has 1 N–H and O–H groups in total. The SMILES string of the molecule is CCNCCC(C)(C)c1cncc(OC(C)C)c1. The summed E-state index contributed by atoms with van der Waals surface area (Å²) in [5, 5.41) is 3.37. The molecule has 3 heteroatoms. The Labute approximate surface area is 111 Å². The number of aromatic nitrogens is 1. The summed E-state index contributed by atoms with van der Waals surface area (Å²) in [6.07, 6.45) is 5.00. The number of hydrogen-bond acceptors (Lipinski definition) is 3. The molecule has 0 aromatic carbocycles. The van der Waals surface area contributed by atoms with Gasteiger partial charge in [0, 0.05) is 6.20 Å². The molecule has 0 aliphatic rings. The molecule has 3 nitrogen and oxygen atoms in total. The Kier molecular flexibility index (Phi) is 5.60. The molecule has 0 aliphatic heterocycles. The summed E-state index contributed by atoms with van der Waals surface area (Å²) in [5.41, 5.74) is 1.35. The van der Waals surface area contributed by atoms with Crippen LogP contribution in [0.2, 0.25) is 0 Å². The van der Waals surface area contributed by atoms with E-state index < -0.39 is 0 Å². The average Bonchev–Trinajstić information content (AvgIpc) is 2.28. The van der Waals surface area contributed by atoms with E-state index in [1.807, 2.05) is 20.0 Å². The molecular weight excluding hydrogens is 224 g/mol. The Balaban J connectivity index is 2.74. The monoisotopic (exact) mass is 250 g/mol. The highest BCUT2D eigenvalue weighted by Crippen LogP contribution is 2.28. The second-order valence-corrected chi connectivity index (χ2v) is 5.56. The van der Waals surface area contributed by atoms with Gasteiger partial charge in [0.1, 0.15) is 5.75 Å². The normalized spacial score (nSPS) is 11.9. The maximum atomic E-state index is 5.70. The van der Waals surface area contributed by atoms with Gasteiger partial charge in [-0.15, -0.1) is 0 Å². The fourth-order valence-corrected chi connectivity index (χ4v) is 1.85. The first-order chi connectivity index (χ1) is 8.45. The van der Waals surface area contributed by atoms with E-state index in [0.717, 1.165) is 25.3 Å². The Hall–Kier alpha value is -1.09. The van der Waals surface area contributed by atoms with Crippen LogP contribution in [0.15, 0.2) is 18.5 Å². The van der Waals surface area contributed by atoms with Crippen LogP contribution >= 0.6 is 0 Å². The lowest BCUT2D eigenvalue weighted by Crippen LogP contribution is -2.25. The summed E-state index contributed by atoms with van der Waals surface area (Å²) in [7, 11) is 0. The number of hydrogen-bond donors (Lipinski definition) is 1. The predicted octanol–water partition coefficient (Wildman–Crippen LogP) is 3.15. The molecule has 1 aromatic heterocycles. The van der Waals surface area contributed by atoms with Crippen molar-refractivity contribution in [1.82, 2.24) is 10.3 Å². The lowest BCUT2D eigenvalue weighted by atomic mass is 9.82. The number of ether oxygens (including phenoxy) is 1. The zero-order valence-corrected chi connectivity index (χ0v) is 12.3. The van der Waals surface area contributed by atoms with Gasteiger partial charge in [0.05, 0.1) is 12.3 Å². The van der Waals surface area contributed by atoms with E-state index in [1.54, 1.807) is 6.20 Å². The van der Waals surface area contributed by atoms with Crippen molar-refractivity contribution in [3.63, 3.8) is 0 Å². The van der Waals surface area contributed by atoms with E-state index in [9.17, 15) is 0 Å². The Bertz CT molecular complexity index is 361. The van der Waals surface area contributed by atoms with Crippen LogP contribution in [0, 0.1) is 0 Å². The summed E-state index contributed by atoms with van der Waals surface area (Å²) in [4.78, 5) is 4.29. The lowest BCUT2D eigenvalue weighted by molar-refractivity contribution is 0.240. The summed E-state index contributed by atoms with van der Waals surface area (Å²) in [6, 6.07) is 2.11. The van der Waals surface area contributed by atoms with Crippen LogP contribution in [0.1, 0.15) is 46.6 Å².